The molecule has 2 atom stereocenters. The topological polar surface area (TPSA) is 71.3 Å². The van der Waals surface area contributed by atoms with Crippen molar-refractivity contribution in [2.24, 2.45) is 0 Å². The number of carbonyl (C=O) groups excluding carboxylic acids is 2. The van der Waals surface area contributed by atoms with Gasteiger partial charge < -0.3 is 15.1 Å². The van der Waals surface area contributed by atoms with Gasteiger partial charge in [-0.1, -0.05) is 6.07 Å². The minimum absolute atomic E-state index is 0.0535. The number of carbonyl (C=O) groups is 2. The molecule has 0 bridgehead atoms. The molecule has 3 rings (SSSR count). The van der Waals surface area contributed by atoms with E-state index in [-0.39, 0.29) is 24.3 Å². The third kappa shape index (κ3) is 3.41. The lowest BCUT2D eigenvalue weighted by Gasteiger charge is -2.26. The van der Waals surface area contributed by atoms with E-state index in [0.717, 1.165) is 5.76 Å². The van der Waals surface area contributed by atoms with Crippen LogP contribution in [0.15, 0.2) is 41.0 Å². The van der Waals surface area contributed by atoms with Crippen LogP contribution in [-0.2, 0) is 16.0 Å². The van der Waals surface area contributed by atoms with Crippen molar-refractivity contribution in [3.05, 3.63) is 53.7 Å². The van der Waals surface area contributed by atoms with Crippen LogP contribution in [0.3, 0.4) is 0 Å². The van der Waals surface area contributed by atoms with E-state index in [1.54, 1.807) is 18.4 Å². The first-order chi connectivity index (χ1) is 11.0. The molecule has 2 heterocycles. The third-order valence-corrected chi connectivity index (χ3v) is 3.85. The number of amides is 2. The summed E-state index contributed by atoms with van der Waals surface area (Å²) in [4.78, 5) is 24.3. The average Bonchev–Trinajstić information content (AvgIpc) is 2.98. The number of nitrogens with one attached hydrogen (secondary N) is 2. The molecule has 0 saturated carbocycles. The van der Waals surface area contributed by atoms with Crippen LogP contribution in [0, 0.1) is 5.82 Å². The number of fused-ring (bicyclic) bond motifs is 1. The highest BCUT2D eigenvalue weighted by Crippen LogP contribution is 2.32. The summed E-state index contributed by atoms with van der Waals surface area (Å²) in [5, 5.41) is 5.49. The number of hydrogen-bond donors (Lipinski definition) is 2. The summed E-state index contributed by atoms with van der Waals surface area (Å²) in [5.41, 5.74) is 0.994. The van der Waals surface area contributed by atoms with Gasteiger partial charge >= 0.3 is 0 Å². The predicted octanol–water partition coefficient (Wildman–Crippen LogP) is 2.59. The third-order valence-electron chi connectivity index (χ3n) is 3.85. The Labute approximate surface area is 132 Å². The van der Waals surface area contributed by atoms with Crippen LogP contribution in [0.5, 0.6) is 0 Å². The van der Waals surface area contributed by atoms with E-state index in [1.165, 1.54) is 12.1 Å². The highest BCUT2D eigenvalue weighted by atomic mass is 19.1. The zero-order valence-electron chi connectivity index (χ0n) is 12.6. The van der Waals surface area contributed by atoms with Gasteiger partial charge in [-0.05, 0) is 36.8 Å². The fourth-order valence-electron chi connectivity index (χ4n) is 2.80. The summed E-state index contributed by atoms with van der Waals surface area (Å²) in [6.45, 7) is 1.87. The van der Waals surface area contributed by atoms with Crippen molar-refractivity contribution in [1.82, 2.24) is 5.32 Å². The highest BCUT2D eigenvalue weighted by Gasteiger charge is 2.31. The second kappa shape index (κ2) is 6.24. The Hall–Kier alpha value is -2.63. The van der Waals surface area contributed by atoms with Gasteiger partial charge in [0.05, 0.1) is 12.2 Å². The molecule has 5 nitrogen and oxygen atoms in total. The van der Waals surface area contributed by atoms with Crippen molar-refractivity contribution < 1.29 is 18.4 Å². The smallest absolute Gasteiger partial charge is 0.228 e. The molecule has 0 aliphatic carbocycles. The van der Waals surface area contributed by atoms with Crippen molar-refractivity contribution in [3.63, 3.8) is 0 Å². The normalized spacial score (nSPS) is 18.0. The molecule has 0 unspecified atom stereocenters. The Kier molecular flexibility index (Phi) is 4.14. The van der Waals surface area contributed by atoms with Crippen LogP contribution < -0.4 is 10.6 Å². The Bertz CT molecular complexity index is 727. The first kappa shape index (κ1) is 15.3. The van der Waals surface area contributed by atoms with Gasteiger partial charge in [0.25, 0.3) is 0 Å². The number of benzene rings is 1. The van der Waals surface area contributed by atoms with Crippen molar-refractivity contribution in [3.8, 4) is 0 Å². The van der Waals surface area contributed by atoms with E-state index in [2.05, 4.69) is 10.6 Å². The van der Waals surface area contributed by atoms with Crippen molar-refractivity contribution in [2.45, 2.75) is 31.7 Å². The molecule has 23 heavy (non-hydrogen) atoms. The lowest BCUT2D eigenvalue weighted by Crippen LogP contribution is -2.40. The van der Waals surface area contributed by atoms with Gasteiger partial charge in [0, 0.05) is 24.6 Å². The zero-order chi connectivity index (χ0) is 16.4. The van der Waals surface area contributed by atoms with Crippen LogP contribution in [0.1, 0.15) is 30.6 Å². The van der Waals surface area contributed by atoms with Gasteiger partial charge in [-0.3, -0.25) is 9.59 Å². The fourth-order valence-corrected chi connectivity index (χ4v) is 2.80. The number of halogens is 1. The Morgan fingerprint density at radius 1 is 1.48 bits per heavy atom. The highest BCUT2D eigenvalue weighted by molar-refractivity contribution is 6.01. The molecule has 0 radical (unpaired) electrons. The number of anilines is 1. The summed E-state index contributed by atoms with van der Waals surface area (Å²) in [5.74, 6) is -0.815. The van der Waals surface area contributed by atoms with Crippen LogP contribution in [0.2, 0.25) is 0 Å². The predicted molar refractivity (Wildman–Crippen MR) is 82.4 cm³/mol. The maximum atomic E-state index is 13.3. The fraction of sp³-hybridized carbons (Fsp3) is 0.294. The van der Waals surface area contributed by atoms with Crippen molar-refractivity contribution in [2.75, 3.05) is 5.32 Å². The van der Waals surface area contributed by atoms with E-state index >= 15 is 0 Å². The molecule has 0 saturated heterocycles. The van der Waals surface area contributed by atoms with Crippen LogP contribution >= 0.6 is 0 Å². The standard InChI is InChI=1S/C17H17FN2O3/c1-10(7-12-3-2-6-23-12)19-17(22)14-9-16(21)20-15-8-11(18)4-5-13(14)15/h2-6,8,10,14H,7,9H2,1H3,(H,19,22)(H,20,21)/t10-,14-/m0/s1. The summed E-state index contributed by atoms with van der Waals surface area (Å²) in [7, 11) is 0. The van der Waals surface area contributed by atoms with Crippen LogP contribution in [0.25, 0.3) is 0 Å². The average molecular weight is 316 g/mol. The quantitative estimate of drug-likeness (QED) is 0.911. The Morgan fingerprint density at radius 3 is 3.04 bits per heavy atom. The molecule has 0 spiro atoms. The number of hydrogen-bond acceptors (Lipinski definition) is 3. The SMILES string of the molecule is C[C@@H](Cc1ccco1)NC(=O)[C@H]1CC(=O)Nc2cc(F)ccc21. The first-order valence-corrected chi connectivity index (χ1v) is 7.45. The maximum Gasteiger partial charge on any atom is 0.228 e. The number of rotatable bonds is 4. The lowest BCUT2D eigenvalue weighted by atomic mass is 9.89. The first-order valence-electron chi connectivity index (χ1n) is 7.45. The molecule has 0 fully saturated rings. The largest absolute Gasteiger partial charge is 0.469 e. The minimum Gasteiger partial charge on any atom is -0.469 e. The zero-order valence-corrected chi connectivity index (χ0v) is 12.6. The second-order valence-corrected chi connectivity index (χ2v) is 5.73. The van der Waals surface area contributed by atoms with Crippen molar-refractivity contribution in [1.29, 1.82) is 0 Å². The molecule has 6 heteroatoms. The molecule has 1 aromatic heterocycles. The minimum atomic E-state index is -0.613. The van der Waals surface area contributed by atoms with E-state index in [4.69, 9.17) is 4.42 Å². The van der Waals surface area contributed by atoms with Crippen LogP contribution in [-0.4, -0.2) is 17.9 Å². The van der Waals surface area contributed by atoms with Gasteiger partial charge in [0.1, 0.15) is 11.6 Å². The van der Waals surface area contributed by atoms with E-state index in [9.17, 15) is 14.0 Å². The molecule has 1 aromatic carbocycles. The van der Waals surface area contributed by atoms with Gasteiger partial charge in [0.15, 0.2) is 0 Å². The molecule has 2 amide bonds. The molecular formula is C17H17FN2O3. The van der Waals surface area contributed by atoms with Gasteiger partial charge in [0.2, 0.25) is 11.8 Å². The molecular weight excluding hydrogens is 299 g/mol. The van der Waals surface area contributed by atoms with E-state index in [0.29, 0.717) is 17.7 Å². The van der Waals surface area contributed by atoms with Gasteiger partial charge in [-0.25, -0.2) is 4.39 Å². The summed E-state index contributed by atoms with van der Waals surface area (Å²) in [6, 6.07) is 7.57. The molecule has 1 aliphatic rings. The molecule has 2 N–H and O–H groups in total. The maximum absolute atomic E-state index is 13.3. The van der Waals surface area contributed by atoms with E-state index < -0.39 is 11.7 Å². The van der Waals surface area contributed by atoms with Crippen molar-refractivity contribution >= 4 is 17.5 Å². The molecule has 2 aromatic rings. The lowest BCUT2D eigenvalue weighted by molar-refractivity contribution is -0.126. The van der Waals surface area contributed by atoms with E-state index in [1.807, 2.05) is 13.0 Å². The number of furan rings is 1. The Morgan fingerprint density at radius 2 is 2.30 bits per heavy atom. The second-order valence-electron chi connectivity index (χ2n) is 5.73. The van der Waals surface area contributed by atoms with Gasteiger partial charge in [-0.15, -0.1) is 0 Å². The molecule has 1 aliphatic heterocycles. The van der Waals surface area contributed by atoms with Gasteiger partial charge in [-0.2, -0.15) is 0 Å². The van der Waals surface area contributed by atoms with Crippen LogP contribution in [0.4, 0.5) is 10.1 Å². The summed E-state index contributed by atoms with van der Waals surface area (Å²) < 4.78 is 18.6. The Balaban J connectivity index is 1.73. The monoisotopic (exact) mass is 316 g/mol. The summed E-state index contributed by atoms with van der Waals surface area (Å²) >= 11 is 0. The molecule has 120 valence electrons. The summed E-state index contributed by atoms with van der Waals surface area (Å²) in [6.07, 6.45) is 2.20.